The van der Waals surface area contributed by atoms with Gasteiger partial charge in [0.05, 0.1) is 6.61 Å². The number of hydrogen-bond acceptors (Lipinski definition) is 3. The molecule has 0 aromatic heterocycles. The maximum atomic E-state index is 9.14. The van der Waals surface area contributed by atoms with Crippen LogP contribution in [0.25, 0.3) is 0 Å². The minimum atomic E-state index is 0.0243. The van der Waals surface area contributed by atoms with Gasteiger partial charge in [-0.15, -0.1) is 0 Å². The smallest absolute Gasteiger partial charge is 0.131 e. The second kappa shape index (κ2) is 6.36. The molecule has 0 amide bonds. The second-order valence-corrected chi connectivity index (χ2v) is 4.75. The van der Waals surface area contributed by atoms with Crippen LogP contribution in [0.15, 0.2) is 48.5 Å². The van der Waals surface area contributed by atoms with Gasteiger partial charge in [0.15, 0.2) is 0 Å². The first-order chi connectivity index (χ1) is 9.19. The van der Waals surface area contributed by atoms with Crippen molar-refractivity contribution < 1.29 is 9.84 Å². The number of rotatable bonds is 5. The van der Waals surface area contributed by atoms with E-state index in [2.05, 4.69) is 11.0 Å². The van der Waals surface area contributed by atoms with Crippen molar-refractivity contribution >= 4 is 0 Å². The van der Waals surface area contributed by atoms with Crippen LogP contribution in [-0.4, -0.2) is 24.1 Å². The van der Waals surface area contributed by atoms with E-state index in [0.717, 1.165) is 29.2 Å². The van der Waals surface area contributed by atoms with E-state index in [1.54, 1.807) is 0 Å². The molecule has 0 radical (unpaired) electrons. The highest BCUT2D eigenvalue weighted by molar-refractivity contribution is 5.38. The molecule has 2 aromatic carbocycles. The van der Waals surface area contributed by atoms with Crippen molar-refractivity contribution in [3.63, 3.8) is 0 Å². The van der Waals surface area contributed by atoms with Crippen LogP contribution in [0, 0.1) is 0 Å². The minimum Gasteiger partial charge on any atom is -0.457 e. The molecule has 19 heavy (non-hydrogen) atoms. The van der Waals surface area contributed by atoms with E-state index >= 15 is 0 Å². The molecule has 0 aliphatic rings. The van der Waals surface area contributed by atoms with Crippen LogP contribution in [-0.2, 0) is 13.2 Å². The largest absolute Gasteiger partial charge is 0.457 e. The Balaban J connectivity index is 2.22. The van der Waals surface area contributed by atoms with E-state index in [9.17, 15) is 0 Å². The standard InChI is InChI=1S/C16H19NO2/c1-17(2)11-14-7-3-4-9-16(14)19-15-8-5-6-13(10-15)12-18/h3-10,18H,11-12H2,1-2H3. The van der Waals surface area contributed by atoms with Crippen molar-refractivity contribution in [1.82, 2.24) is 4.90 Å². The van der Waals surface area contributed by atoms with Crippen LogP contribution < -0.4 is 4.74 Å². The Kier molecular flexibility index (Phi) is 4.55. The molecule has 2 aromatic rings. The molecule has 2 rings (SSSR count). The third-order valence-electron chi connectivity index (χ3n) is 2.77. The Morgan fingerprint density at radius 1 is 1.05 bits per heavy atom. The van der Waals surface area contributed by atoms with E-state index in [0.29, 0.717) is 0 Å². The molecule has 3 heteroatoms. The van der Waals surface area contributed by atoms with Gasteiger partial charge in [-0.1, -0.05) is 30.3 Å². The van der Waals surface area contributed by atoms with E-state index in [1.807, 2.05) is 56.6 Å². The summed E-state index contributed by atoms with van der Waals surface area (Å²) in [5, 5.41) is 9.14. The van der Waals surface area contributed by atoms with Gasteiger partial charge >= 0.3 is 0 Å². The highest BCUT2D eigenvalue weighted by Crippen LogP contribution is 2.26. The summed E-state index contributed by atoms with van der Waals surface area (Å²) < 4.78 is 5.92. The summed E-state index contributed by atoms with van der Waals surface area (Å²) >= 11 is 0. The van der Waals surface area contributed by atoms with Crippen LogP contribution in [0.1, 0.15) is 11.1 Å². The number of ether oxygens (including phenoxy) is 1. The molecular formula is C16H19NO2. The molecule has 0 heterocycles. The van der Waals surface area contributed by atoms with Crippen LogP contribution in [0.3, 0.4) is 0 Å². The lowest BCUT2D eigenvalue weighted by Crippen LogP contribution is -2.11. The second-order valence-electron chi connectivity index (χ2n) is 4.75. The SMILES string of the molecule is CN(C)Cc1ccccc1Oc1cccc(CO)c1. The number of nitrogens with zero attached hydrogens (tertiary/aromatic N) is 1. The molecule has 0 aliphatic carbocycles. The zero-order valence-corrected chi connectivity index (χ0v) is 11.3. The van der Waals surface area contributed by atoms with Gasteiger partial charge < -0.3 is 14.7 Å². The predicted molar refractivity (Wildman–Crippen MR) is 76.3 cm³/mol. The summed E-state index contributed by atoms with van der Waals surface area (Å²) in [5.41, 5.74) is 1.99. The Bertz CT molecular complexity index is 538. The van der Waals surface area contributed by atoms with Crippen LogP contribution in [0.2, 0.25) is 0 Å². The van der Waals surface area contributed by atoms with Crippen molar-refractivity contribution in [2.75, 3.05) is 14.1 Å². The number of para-hydroxylation sites is 1. The Morgan fingerprint density at radius 2 is 1.84 bits per heavy atom. The van der Waals surface area contributed by atoms with E-state index < -0.39 is 0 Å². The fourth-order valence-corrected chi connectivity index (χ4v) is 1.91. The molecule has 0 bridgehead atoms. The summed E-state index contributed by atoms with van der Waals surface area (Å²) in [6, 6.07) is 15.5. The van der Waals surface area contributed by atoms with E-state index in [1.165, 1.54) is 0 Å². The van der Waals surface area contributed by atoms with Crippen molar-refractivity contribution in [2.45, 2.75) is 13.2 Å². The highest BCUT2D eigenvalue weighted by atomic mass is 16.5. The van der Waals surface area contributed by atoms with Gasteiger partial charge in [-0.05, 0) is 37.9 Å². The van der Waals surface area contributed by atoms with Gasteiger partial charge in [0, 0.05) is 12.1 Å². The fourth-order valence-electron chi connectivity index (χ4n) is 1.91. The molecule has 0 saturated carbocycles. The number of aliphatic hydroxyl groups excluding tert-OH is 1. The highest BCUT2D eigenvalue weighted by Gasteiger charge is 2.05. The maximum absolute atomic E-state index is 9.14. The van der Waals surface area contributed by atoms with Crippen molar-refractivity contribution in [3.8, 4) is 11.5 Å². The summed E-state index contributed by atoms with van der Waals surface area (Å²) in [4.78, 5) is 2.10. The van der Waals surface area contributed by atoms with Gasteiger partial charge in [-0.25, -0.2) is 0 Å². The van der Waals surface area contributed by atoms with E-state index in [-0.39, 0.29) is 6.61 Å². The van der Waals surface area contributed by atoms with Gasteiger partial charge in [-0.3, -0.25) is 0 Å². The van der Waals surface area contributed by atoms with Gasteiger partial charge in [0.2, 0.25) is 0 Å². The molecule has 0 saturated heterocycles. The molecule has 0 fully saturated rings. The molecule has 1 N–H and O–H groups in total. The van der Waals surface area contributed by atoms with Crippen LogP contribution in [0.4, 0.5) is 0 Å². The molecule has 100 valence electrons. The lowest BCUT2D eigenvalue weighted by atomic mass is 10.2. The lowest BCUT2D eigenvalue weighted by Gasteiger charge is -2.15. The van der Waals surface area contributed by atoms with Crippen LogP contribution in [0.5, 0.6) is 11.5 Å². The number of hydrogen-bond donors (Lipinski definition) is 1. The van der Waals surface area contributed by atoms with E-state index in [4.69, 9.17) is 9.84 Å². The summed E-state index contributed by atoms with van der Waals surface area (Å²) in [6.45, 7) is 0.854. The zero-order chi connectivity index (χ0) is 13.7. The number of benzene rings is 2. The Hall–Kier alpha value is -1.84. The molecule has 3 nitrogen and oxygen atoms in total. The molecule has 0 atom stereocenters. The summed E-state index contributed by atoms with van der Waals surface area (Å²) in [6.07, 6.45) is 0. The van der Waals surface area contributed by atoms with Gasteiger partial charge in [-0.2, -0.15) is 0 Å². The zero-order valence-electron chi connectivity index (χ0n) is 11.3. The molecule has 0 spiro atoms. The third-order valence-corrected chi connectivity index (χ3v) is 2.77. The first-order valence-electron chi connectivity index (χ1n) is 6.29. The number of aliphatic hydroxyl groups is 1. The van der Waals surface area contributed by atoms with Gasteiger partial charge in [0.25, 0.3) is 0 Å². The Morgan fingerprint density at radius 3 is 2.58 bits per heavy atom. The monoisotopic (exact) mass is 257 g/mol. The van der Waals surface area contributed by atoms with Gasteiger partial charge in [0.1, 0.15) is 11.5 Å². The maximum Gasteiger partial charge on any atom is 0.131 e. The van der Waals surface area contributed by atoms with Crippen molar-refractivity contribution in [3.05, 3.63) is 59.7 Å². The Labute approximate surface area is 114 Å². The third kappa shape index (κ3) is 3.81. The van der Waals surface area contributed by atoms with Crippen LogP contribution >= 0.6 is 0 Å². The molecule has 0 aliphatic heterocycles. The predicted octanol–water partition coefficient (Wildman–Crippen LogP) is 3.03. The minimum absolute atomic E-state index is 0.0243. The first kappa shape index (κ1) is 13.6. The fraction of sp³-hybridized carbons (Fsp3) is 0.250. The normalized spacial score (nSPS) is 10.7. The topological polar surface area (TPSA) is 32.7 Å². The lowest BCUT2D eigenvalue weighted by molar-refractivity contribution is 0.281. The molecular weight excluding hydrogens is 238 g/mol. The average molecular weight is 257 g/mol. The first-order valence-corrected chi connectivity index (χ1v) is 6.29. The van der Waals surface area contributed by atoms with Crippen molar-refractivity contribution in [2.24, 2.45) is 0 Å². The summed E-state index contributed by atoms with van der Waals surface area (Å²) in [5.74, 6) is 1.60. The molecule has 0 unspecified atom stereocenters. The summed E-state index contributed by atoms with van der Waals surface area (Å²) in [7, 11) is 4.06. The average Bonchev–Trinajstić information content (AvgIpc) is 2.41. The quantitative estimate of drug-likeness (QED) is 0.893. The van der Waals surface area contributed by atoms with Crippen molar-refractivity contribution in [1.29, 1.82) is 0 Å².